The molecule has 0 saturated carbocycles. The van der Waals surface area contributed by atoms with Gasteiger partial charge in [-0.05, 0) is 38.0 Å². The maximum absolute atomic E-state index is 13.3. The molecule has 0 aromatic carbocycles. The van der Waals surface area contributed by atoms with E-state index in [0.717, 1.165) is 12.0 Å². The largest absolute Gasteiger partial charge is 0.394 e. The van der Waals surface area contributed by atoms with Gasteiger partial charge in [-0.3, -0.25) is 18.9 Å². The summed E-state index contributed by atoms with van der Waals surface area (Å²) in [6.07, 6.45) is 4.07. The van der Waals surface area contributed by atoms with Gasteiger partial charge in [-0.25, -0.2) is 4.98 Å². The first kappa shape index (κ1) is 23.4. The second-order valence-electron chi connectivity index (χ2n) is 7.19. The Balaban J connectivity index is 2.02. The number of aliphatic hydroxyl groups is 1. The summed E-state index contributed by atoms with van der Waals surface area (Å²) in [5.41, 5.74) is 1.43. The van der Waals surface area contributed by atoms with Gasteiger partial charge in [0.1, 0.15) is 15.8 Å². The predicted molar refractivity (Wildman–Crippen MR) is 127 cm³/mol. The van der Waals surface area contributed by atoms with Gasteiger partial charge in [0.25, 0.3) is 11.5 Å². The first-order valence-electron chi connectivity index (χ1n) is 10.1. The third-order valence-corrected chi connectivity index (χ3v) is 6.24. The summed E-state index contributed by atoms with van der Waals surface area (Å²) >= 11 is 6.59. The van der Waals surface area contributed by atoms with Crippen LogP contribution in [-0.2, 0) is 9.53 Å². The van der Waals surface area contributed by atoms with Crippen LogP contribution in [0.1, 0.15) is 31.4 Å². The van der Waals surface area contributed by atoms with Crippen molar-refractivity contribution in [1.82, 2.24) is 14.3 Å². The van der Waals surface area contributed by atoms with Gasteiger partial charge < -0.3 is 15.2 Å². The van der Waals surface area contributed by atoms with E-state index in [2.05, 4.69) is 10.3 Å². The fourth-order valence-corrected chi connectivity index (χ4v) is 4.55. The average molecular weight is 463 g/mol. The molecule has 0 unspecified atom stereocenters. The van der Waals surface area contributed by atoms with Gasteiger partial charge in [-0.1, -0.05) is 37.0 Å². The molecule has 0 aliphatic carbocycles. The number of aromatic nitrogens is 2. The van der Waals surface area contributed by atoms with Gasteiger partial charge in [0.15, 0.2) is 0 Å². The summed E-state index contributed by atoms with van der Waals surface area (Å²) < 4.78 is 7.24. The number of rotatable bonds is 9. The second kappa shape index (κ2) is 10.4. The van der Waals surface area contributed by atoms with Gasteiger partial charge in [0, 0.05) is 18.8 Å². The molecule has 2 aromatic rings. The van der Waals surface area contributed by atoms with Gasteiger partial charge in [0.05, 0.1) is 30.3 Å². The number of carbonyl (C=O) groups excluding carboxylic acids is 1. The molecule has 3 heterocycles. The number of thiocarbonyl (C=S) groups is 1. The van der Waals surface area contributed by atoms with Gasteiger partial charge in [0.2, 0.25) is 0 Å². The van der Waals surface area contributed by atoms with Crippen LogP contribution >= 0.6 is 24.0 Å². The van der Waals surface area contributed by atoms with E-state index >= 15 is 0 Å². The van der Waals surface area contributed by atoms with Crippen LogP contribution < -0.4 is 10.9 Å². The third-order valence-electron chi connectivity index (χ3n) is 4.91. The van der Waals surface area contributed by atoms with E-state index in [9.17, 15) is 9.59 Å². The number of aliphatic hydroxyl groups excluding tert-OH is 1. The highest BCUT2D eigenvalue weighted by Crippen LogP contribution is 2.34. The smallest absolute Gasteiger partial charge is 0.267 e. The van der Waals surface area contributed by atoms with E-state index in [1.165, 1.54) is 16.2 Å². The van der Waals surface area contributed by atoms with E-state index in [0.29, 0.717) is 33.8 Å². The van der Waals surface area contributed by atoms with Crippen LogP contribution in [0.15, 0.2) is 28.0 Å². The number of pyridine rings is 1. The number of hydrogen-bond donors (Lipinski definition) is 2. The molecule has 0 spiro atoms. The van der Waals surface area contributed by atoms with Crippen LogP contribution in [0.25, 0.3) is 11.7 Å². The van der Waals surface area contributed by atoms with Crippen LogP contribution in [-0.4, -0.2) is 62.0 Å². The third kappa shape index (κ3) is 5.15. The quantitative estimate of drug-likeness (QED) is 0.333. The van der Waals surface area contributed by atoms with E-state index in [1.54, 1.807) is 23.2 Å². The number of amides is 1. The summed E-state index contributed by atoms with van der Waals surface area (Å²) in [6, 6.07) is 3.64. The number of aryl methyl sites for hydroxylation is 1. The molecule has 1 aliphatic rings. The van der Waals surface area contributed by atoms with E-state index in [4.69, 9.17) is 22.1 Å². The van der Waals surface area contributed by atoms with Crippen LogP contribution in [0, 0.1) is 6.92 Å². The Kier molecular flexibility index (Phi) is 7.82. The van der Waals surface area contributed by atoms with Crippen LogP contribution in [0.2, 0.25) is 0 Å². The Hall–Kier alpha value is -2.27. The van der Waals surface area contributed by atoms with Crippen molar-refractivity contribution >= 4 is 51.7 Å². The summed E-state index contributed by atoms with van der Waals surface area (Å²) in [5, 5.41) is 12.0. The van der Waals surface area contributed by atoms with Gasteiger partial charge in [-0.2, -0.15) is 0 Å². The maximum Gasteiger partial charge on any atom is 0.267 e. The Bertz CT molecular complexity index is 1080. The van der Waals surface area contributed by atoms with E-state index in [-0.39, 0.29) is 36.3 Å². The van der Waals surface area contributed by atoms with Crippen molar-refractivity contribution in [2.45, 2.75) is 33.2 Å². The zero-order valence-corrected chi connectivity index (χ0v) is 19.4. The highest BCUT2D eigenvalue weighted by Gasteiger charge is 2.35. The van der Waals surface area contributed by atoms with Crippen molar-refractivity contribution < 1.29 is 14.6 Å². The van der Waals surface area contributed by atoms with Crippen molar-refractivity contribution in [3.63, 3.8) is 0 Å². The number of hydrogen-bond acceptors (Lipinski definition) is 8. The molecule has 0 bridgehead atoms. The molecule has 1 fully saturated rings. The maximum atomic E-state index is 13.3. The molecule has 0 radical (unpaired) electrons. The van der Waals surface area contributed by atoms with Crippen molar-refractivity contribution in [3.05, 3.63) is 44.7 Å². The second-order valence-corrected chi connectivity index (χ2v) is 8.86. The topological polar surface area (TPSA) is 96.2 Å². The summed E-state index contributed by atoms with van der Waals surface area (Å²) in [7, 11) is 0. The molecule has 10 heteroatoms. The average Bonchev–Trinajstić information content (AvgIpc) is 3.03. The molecular formula is C21H26N4O4S2. The minimum absolute atomic E-state index is 0.0156. The zero-order valence-electron chi connectivity index (χ0n) is 17.8. The van der Waals surface area contributed by atoms with Gasteiger partial charge in [-0.15, -0.1) is 0 Å². The summed E-state index contributed by atoms with van der Waals surface area (Å²) in [6.45, 7) is 6.75. The van der Waals surface area contributed by atoms with Crippen molar-refractivity contribution in [1.29, 1.82) is 0 Å². The predicted octanol–water partition coefficient (Wildman–Crippen LogP) is 2.42. The monoisotopic (exact) mass is 462 g/mol. The highest BCUT2D eigenvalue weighted by atomic mass is 32.2. The van der Waals surface area contributed by atoms with Crippen molar-refractivity contribution in [2.24, 2.45) is 0 Å². The van der Waals surface area contributed by atoms with Crippen molar-refractivity contribution in [2.75, 3.05) is 31.7 Å². The molecule has 8 nitrogen and oxygen atoms in total. The normalized spacial score (nSPS) is 16.5. The van der Waals surface area contributed by atoms with Crippen LogP contribution in [0.5, 0.6) is 0 Å². The van der Waals surface area contributed by atoms with Crippen LogP contribution in [0.4, 0.5) is 5.82 Å². The molecule has 2 aromatic heterocycles. The summed E-state index contributed by atoms with van der Waals surface area (Å²) in [4.78, 5) is 32.8. The molecular weight excluding hydrogens is 436 g/mol. The number of nitrogens with one attached hydrogen (secondary N) is 1. The standard InChI is InChI=1S/C21H26N4O4S2/c1-4-14(3)25-20(28)16(31-21(25)30)11-15-18(22-7-9-29-10-8-26)23-17-6-5-13(2)12-24(17)19(15)27/h5-6,11-12,14,22,26H,4,7-10H2,1-3H3/b16-11-/t14-/m1/s1. The van der Waals surface area contributed by atoms with Gasteiger partial charge >= 0.3 is 0 Å². The SMILES string of the molecule is CC[C@@H](C)N1C(=O)/C(=C/c2c(NCCOCCO)nc3ccc(C)cn3c2=O)SC1=S. The lowest BCUT2D eigenvalue weighted by Gasteiger charge is -2.21. The number of nitrogens with zero attached hydrogens (tertiary/aromatic N) is 3. The first-order chi connectivity index (χ1) is 14.9. The van der Waals surface area contributed by atoms with E-state index < -0.39 is 0 Å². The Morgan fingerprint density at radius 2 is 2.13 bits per heavy atom. The number of ether oxygens (including phenoxy) is 1. The summed E-state index contributed by atoms with van der Waals surface area (Å²) in [5.74, 6) is 0.172. The first-order valence-corrected chi connectivity index (χ1v) is 11.3. The fraction of sp³-hybridized carbons (Fsp3) is 0.429. The molecule has 2 N–H and O–H groups in total. The minimum atomic E-state index is -0.277. The lowest BCUT2D eigenvalue weighted by Crippen LogP contribution is -2.36. The molecule has 166 valence electrons. The molecule has 3 rings (SSSR count). The van der Waals surface area contributed by atoms with Crippen molar-refractivity contribution in [3.8, 4) is 0 Å². The fourth-order valence-electron chi connectivity index (χ4n) is 3.11. The Labute approximate surface area is 190 Å². The Morgan fingerprint density at radius 3 is 2.84 bits per heavy atom. The number of thioether (sulfide) groups is 1. The number of carbonyl (C=O) groups is 1. The molecule has 31 heavy (non-hydrogen) atoms. The molecule has 1 atom stereocenters. The molecule has 1 aliphatic heterocycles. The Morgan fingerprint density at radius 1 is 1.35 bits per heavy atom. The lowest BCUT2D eigenvalue weighted by atomic mass is 10.2. The minimum Gasteiger partial charge on any atom is -0.394 e. The highest BCUT2D eigenvalue weighted by molar-refractivity contribution is 8.26. The number of fused-ring (bicyclic) bond motifs is 1. The van der Waals surface area contributed by atoms with Crippen LogP contribution in [0.3, 0.4) is 0 Å². The number of anilines is 1. The van der Waals surface area contributed by atoms with E-state index in [1.807, 2.05) is 26.8 Å². The zero-order chi connectivity index (χ0) is 22.5. The molecule has 1 amide bonds. The lowest BCUT2D eigenvalue weighted by molar-refractivity contribution is -0.123. The molecule has 1 saturated heterocycles.